The van der Waals surface area contributed by atoms with E-state index in [0.717, 1.165) is 24.7 Å². The fraction of sp³-hybridized carbons (Fsp3) is 0.667. The van der Waals surface area contributed by atoms with Crippen LogP contribution in [0.5, 0.6) is 0 Å². The maximum absolute atomic E-state index is 6.08. The fourth-order valence-corrected chi connectivity index (χ4v) is 3.55. The molecular weight excluding hydrogens is 324 g/mol. The molecule has 1 unspecified atom stereocenters. The topological polar surface area (TPSA) is 29.3 Å². The van der Waals surface area contributed by atoms with E-state index in [4.69, 9.17) is 5.73 Å². The van der Waals surface area contributed by atoms with Gasteiger partial charge in [-0.25, -0.2) is 0 Å². The van der Waals surface area contributed by atoms with Gasteiger partial charge in [0.1, 0.15) is 0 Å². The van der Waals surface area contributed by atoms with E-state index in [2.05, 4.69) is 46.0 Å². The Morgan fingerprint density at radius 3 is 2.29 bits per heavy atom. The van der Waals surface area contributed by atoms with Crippen molar-refractivity contribution in [1.82, 2.24) is 0 Å². The van der Waals surface area contributed by atoms with Crippen LogP contribution in [0.15, 0.2) is 22.7 Å². The molecule has 21 heavy (non-hydrogen) atoms. The van der Waals surface area contributed by atoms with Crippen molar-refractivity contribution in [2.75, 3.05) is 18.0 Å². The molecule has 3 rings (SSSR count). The summed E-state index contributed by atoms with van der Waals surface area (Å²) in [6, 6.07) is 7.11. The molecule has 0 spiro atoms. The largest absolute Gasteiger partial charge is 0.370 e. The van der Waals surface area contributed by atoms with Crippen LogP contribution in [-0.2, 0) is 6.42 Å². The summed E-state index contributed by atoms with van der Waals surface area (Å²) in [5, 5.41) is 0. The van der Waals surface area contributed by atoms with E-state index in [1.54, 1.807) is 0 Å². The first-order chi connectivity index (χ1) is 10.2. The van der Waals surface area contributed by atoms with Crippen molar-refractivity contribution in [3.8, 4) is 0 Å². The van der Waals surface area contributed by atoms with E-state index >= 15 is 0 Å². The second-order valence-corrected chi connectivity index (χ2v) is 7.80. The van der Waals surface area contributed by atoms with E-state index < -0.39 is 0 Å². The van der Waals surface area contributed by atoms with Gasteiger partial charge in [-0.05, 0) is 84.0 Å². The Labute approximate surface area is 137 Å². The highest BCUT2D eigenvalue weighted by Gasteiger charge is 2.30. The molecule has 1 atom stereocenters. The van der Waals surface area contributed by atoms with Gasteiger partial charge in [0.2, 0.25) is 0 Å². The third kappa shape index (κ3) is 4.46. The molecule has 0 aliphatic heterocycles. The first-order valence-electron chi connectivity index (χ1n) is 8.44. The van der Waals surface area contributed by atoms with Crippen molar-refractivity contribution in [3.63, 3.8) is 0 Å². The second kappa shape index (κ2) is 6.70. The van der Waals surface area contributed by atoms with Gasteiger partial charge in [0.15, 0.2) is 0 Å². The lowest BCUT2D eigenvalue weighted by Gasteiger charge is -2.26. The summed E-state index contributed by atoms with van der Waals surface area (Å²) in [5.74, 6) is 1.87. The summed E-state index contributed by atoms with van der Waals surface area (Å²) in [4.78, 5) is 2.61. The predicted octanol–water partition coefficient (Wildman–Crippen LogP) is 4.36. The van der Waals surface area contributed by atoms with Crippen LogP contribution >= 0.6 is 15.9 Å². The maximum atomic E-state index is 6.08. The number of anilines is 1. The molecule has 2 N–H and O–H groups in total. The highest BCUT2D eigenvalue weighted by atomic mass is 79.9. The van der Waals surface area contributed by atoms with Gasteiger partial charge in [-0.1, -0.05) is 13.0 Å². The standard InChI is InChI=1S/C18H27BrN2/c1-2-16(20)9-15-7-8-18(17(19)10-15)21(11-13-3-4-13)12-14-5-6-14/h7-8,10,13-14,16H,2-6,9,11-12,20H2,1H3. The summed E-state index contributed by atoms with van der Waals surface area (Å²) in [7, 11) is 0. The Kier molecular flexibility index (Phi) is 4.90. The first kappa shape index (κ1) is 15.4. The van der Waals surface area contributed by atoms with Crippen LogP contribution in [0, 0.1) is 11.8 Å². The third-order valence-corrected chi connectivity index (χ3v) is 5.36. The second-order valence-electron chi connectivity index (χ2n) is 6.95. The van der Waals surface area contributed by atoms with E-state index in [1.165, 1.54) is 54.5 Å². The van der Waals surface area contributed by atoms with Crippen LogP contribution in [0.3, 0.4) is 0 Å². The predicted molar refractivity (Wildman–Crippen MR) is 93.8 cm³/mol. The number of hydrogen-bond donors (Lipinski definition) is 1. The molecular formula is C18H27BrN2. The van der Waals surface area contributed by atoms with Gasteiger partial charge in [0.05, 0.1) is 5.69 Å². The van der Waals surface area contributed by atoms with E-state index in [9.17, 15) is 0 Å². The van der Waals surface area contributed by atoms with Gasteiger partial charge in [-0.2, -0.15) is 0 Å². The summed E-state index contributed by atoms with van der Waals surface area (Å²) in [5.41, 5.74) is 8.80. The Morgan fingerprint density at radius 1 is 1.19 bits per heavy atom. The minimum absolute atomic E-state index is 0.275. The van der Waals surface area contributed by atoms with Crippen molar-refractivity contribution in [2.45, 2.75) is 51.5 Å². The molecule has 2 aliphatic rings. The number of nitrogens with zero attached hydrogens (tertiary/aromatic N) is 1. The number of halogens is 1. The Hall–Kier alpha value is -0.540. The van der Waals surface area contributed by atoms with Crippen LogP contribution < -0.4 is 10.6 Å². The highest BCUT2D eigenvalue weighted by molar-refractivity contribution is 9.10. The molecule has 0 saturated heterocycles. The molecule has 0 amide bonds. The molecule has 0 heterocycles. The SMILES string of the molecule is CCC(N)Cc1ccc(N(CC2CC2)CC2CC2)c(Br)c1. The van der Waals surface area contributed by atoms with E-state index in [0.29, 0.717) is 0 Å². The van der Waals surface area contributed by atoms with E-state index in [-0.39, 0.29) is 6.04 Å². The normalized spacial score (nSPS) is 19.6. The molecule has 116 valence electrons. The van der Waals surface area contributed by atoms with Crippen LogP contribution in [0.4, 0.5) is 5.69 Å². The molecule has 1 aromatic rings. The zero-order chi connectivity index (χ0) is 14.8. The summed E-state index contributed by atoms with van der Waals surface area (Å²) >= 11 is 3.80. The average molecular weight is 351 g/mol. The Morgan fingerprint density at radius 2 is 1.81 bits per heavy atom. The van der Waals surface area contributed by atoms with Crippen molar-refractivity contribution >= 4 is 21.6 Å². The van der Waals surface area contributed by atoms with Gasteiger partial charge < -0.3 is 10.6 Å². The fourth-order valence-electron chi connectivity index (χ4n) is 2.88. The molecule has 2 saturated carbocycles. The minimum Gasteiger partial charge on any atom is -0.370 e. The summed E-state index contributed by atoms with van der Waals surface area (Å²) in [6.07, 6.45) is 7.68. The lowest BCUT2D eigenvalue weighted by molar-refractivity contribution is 0.645. The van der Waals surface area contributed by atoms with Crippen LogP contribution in [0.2, 0.25) is 0 Å². The third-order valence-electron chi connectivity index (χ3n) is 4.73. The van der Waals surface area contributed by atoms with Gasteiger partial charge in [-0.3, -0.25) is 0 Å². The molecule has 3 heteroatoms. The van der Waals surface area contributed by atoms with Gasteiger partial charge in [0.25, 0.3) is 0 Å². The van der Waals surface area contributed by atoms with Gasteiger partial charge in [-0.15, -0.1) is 0 Å². The van der Waals surface area contributed by atoms with E-state index in [1.807, 2.05) is 0 Å². The van der Waals surface area contributed by atoms with Crippen molar-refractivity contribution < 1.29 is 0 Å². The van der Waals surface area contributed by atoms with Crippen molar-refractivity contribution in [3.05, 3.63) is 28.2 Å². The molecule has 2 nitrogen and oxygen atoms in total. The van der Waals surface area contributed by atoms with Crippen molar-refractivity contribution in [1.29, 1.82) is 0 Å². The number of hydrogen-bond acceptors (Lipinski definition) is 2. The quantitative estimate of drug-likeness (QED) is 0.754. The zero-order valence-corrected chi connectivity index (χ0v) is 14.6. The molecule has 0 aromatic heterocycles. The zero-order valence-electron chi connectivity index (χ0n) is 13.0. The minimum atomic E-state index is 0.275. The van der Waals surface area contributed by atoms with Crippen LogP contribution in [0.1, 0.15) is 44.6 Å². The average Bonchev–Trinajstić information content (AvgIpc) is 3.34. The molecule has 2 aliphatic carbocycles. The number of rotatable bonds is 8. The van der Waals surface area contributed by atoms with Crippen molar-refractivity contribution in [2.24, 2.45) is 17.6 Å². The van der Waals surface area contributed by atoms with Gasteiger partial charge in [0, 0.05) is 23.6 Å². The number of benzene rings is 1. The van der Waals surface area contributed by atoms with Gasteiger partial charge >= 0.3 is 0 Å². The monoisotopic (exact) mass is 350 g/mol. The van der Waals surface area contributed by atoms with Crippen LogP contribution in [0.25, 0.3) is 0 Å². The smallest absolute Gasteiger partial charge is 0.0511 e. The molecule has 1 aromatic carbocycles. The molecule has 0 radical (unpaired) electrons. The van der Waals surface area contributed by atoms with Crippen LogP contribution in [-0.4, -0.2) is 19.1 Å². The lowest BCUT2D eigenvalue weighted by Crippen LogP contribution is -2.28. The highest BCUT2D eigenvalue weighted by Crippen LogP contribution is 2.38. The molecule has 2 fully saturated rings. The Bertz CT molecular complexity index is 466. The Balaban J connectivity index is 1.71. The first-order valence-corrected chi connectivity index (χ1v) is 9.24. The molecule has 0 bridgehead atoms. The maximum Gasteiger partial charge on any atom is 0.0511 e. The lowest BCUT2D eigenvalue weighted by atomic mass is 10.0. The summed E-state index contributed by atoms with van der Waals surface area (Å²) in [6.45, 7) is 4.63. The summed E-state index contributed by atoms with van der Waals surface area (Å²) < 4.78 is 1.24. The number of nitrogens with two attached hydrogens (primary N) is 1.